The first-order chi connectivity index (χ1) is 7.78. The van der Waals surface area contributed by atoms with Crippen molar-refractivity contribution in [2.24, 2.45) is 0 Å². The quantitative estimate of drug-likeness (QED) is 0.770. The second-order valence-electron chi connectivity index (χ2n) is 2.74. The van der Waals surface area contributed by atoms with Crippen LogP contribution in [0.2, 0.25) is 0 Å². The Morgan fingerprint density at radius 2 is 1.69 bits per heavy atom. The molecule has 0 N–H and O–H groups in total. The third-order valence-electron chi connectivity index (χ3n) is 1.79. The van der Waals surface area contributed by atoms with E-state index in [4.69, 9.17) is 18.9 Å². The molecule has 0 radical (unpaired) electrons. The molecule has 0 aliphatic carbocycles. The van der Waals surface area contributed by atoms with Crippen molar-refractivity contribution in [1.82, 2.24) is 4.75 Å². The molecule has 0 fully saturated rings. The molecular weight excluding hydrogens is 229 g/mol. The van der Waals surface area contributed by atoms with Crippen LogP contribution in [0.4, 0.5) is 0 Å². The molecule has 90 valence electrons. The van der Waals surface area contributed by atoms with Gasteiger partial charge in [0.1, 0.15) is 0 Å². The summed E-state index contributed by atoms with van der Waals surface area (Å²) in [6.07, 6.45) is 0. The van der Waals surface area contributed by atoms with Crippen LogP contribution < -0.4 is 18.9 Å². The first-order valence-corrected chi connectivity index (χ1v) is 5.87. The van der Waals surface area contributed by atoms with E-state index in [0.717, 1.165) is 0 Å². The molecule has 0 bridgehead atoms. The fourth-order valence-corrected chi connectivity index (χ4v) is 1.99. The van der Waals surface area contributed by atoms with Crippen molar-refractivity contribution >= 4 is 8.35 Å². The summed E-state index contributed by atoms with van der Waals surface area (Å²) >= 11 is 0. The number of hydrogen-bond donors (Lipinski definition) is 0. The Kier molecular flexibility index (Phi) is 5.12. The van der Waals surface area contributed by atoms with Gasteiger partial charge in [0.15, 0.2) is 0 Å². The smallest absolute Gasteiger partial charge is 0.265 e. The lowest BCUT2D eigenvalue weighted by atomic mass is 10.4. The second-order valence-corrected chi connectivity index (χ2v) is 3.55. The topological polar surface area (TPSA) is 49.8 Å². The number of hydrogen-bond acceptors (Lipinski definition) is 5. The lowest BCUT2D eigenvalue weighted by molar-refractivity contribution is 0.268. The third kappa shape index (κ3) is 2.67. The van der Waals surface area contributed by atoms with Gasteiger partial charge in [-0.2, -0.15) is 4.75 Å². The normalized spacial score (nSPS) is 10.2. The van der Waals surface area contributed by atoms with E-state index in [9.17, 15) is 0 Å². The highest BCUT2D eigenvalue weighted by Gasteiger charge is 2.19. The van der Waals surface area contributed by atoms with Crippen LogP contribution in [-0.4, -0.2) is 32.2 Å². The van der Waals surface area contributed by atoms with Crippen LogP contribution in [0.1, 0.15) is 13.8 Å². The fraction of sp³-hybridized carbons (Fsp3) is 0.600. The van der Waals surface area contributed by atoms with Gasteiger partial charge in [0, 0.05) is 0 Å². The number of nitrogens with zero attached hydrogens (tertiary/aromatic N) is 1. The number of methoxy groups -OCH3 is 2. The molecule has 6 heteroatoms. The molecule has 16 heavy (non-hydrogen) atoms. The predicted molar refractivity (Wildman–Crippen MR) is 62.2 cm³/mol. The van der Waals surface area contributed by atoms with Crippen LogP contribution in [0.25, 0.3) is 0 Å². The summed E-state index contributed by atoms with van der Waals surface area (Å²) in [5.41, 5.74) is 0.655. The lowest BCUT2D eigenvalue weighted by Gasteiger charge is -2.14. The van der Waals surface area contributed by atoms with Gasteiger partial charge in [-0.05, 0) is 13.8 Å². The Labute approximate surface area is 96.9 Å². The van der Waals surface area contributed by atoms with Crippen LogP contribution >= 0.6 is 8.35 Å². The van der Waals surface area contributed by atoms with Gasteiger partial charge in [-0.15, -0.1) is 0 Å². The van der Waals surface area contributed by atoms with Gasteiger partial charge in [-0.3, -0.25) is 0 Å². The molecule has 1 heterocycles. The van der Waals surface area contributed by atoms with E-state index in [1.54, 1.807) is 14.2 Å². The van der Waals surface area contributed by atoms with Crippen LogP contribution in [0.5, 0.6) is 22.9 Å². The number of rotatable bonds is 6. The average molecular weight is 245 g/mol. The molecule has 0 amide bonds. The molecule has 1 aromatic rings. The Hall–Kier alpha value is -1.22. The van der Waals surface area contributed by atoms with Crippen molar-refractivity contribution < 1.29 is 18.9 Å². The number of aromatic nitrogens is 1. The molecule has 1 aromatic heterocycles. The summed E-state index contributed by atoms with van der Waals surface area (Å²) < 4.78 is 25.5. The zero-order valence-corrected chi connectivity index (χ0v) is 10.8. The van der Waals surface area contributed by atoms with Crippen LogP contribution in [-0.2, 0) is 0 Å². The van der Waals surface area contributed by atoms with Crippen molar-refractivity contribution in [2.45, 2.75) is 13.8 Å². The molecule has 0 atom stereocenters. The molecule has 0 saturated heterocycles. The molecule has 0 unspecified atom stereocenters. The lowest BCUT2D eigenvalue weighted by Crippen LogP contribution is -2.01. The molecule has 1 rings (SSSR count). The van der Waals surface area contributed by atoms with Crippen molar-refractivity contribution in [2.75, 3.05) is 27.4 Å². The van der Waals surface area contributed by atoms with E-state index < -0.39 is 0 Å². The molecule has 0 saturated carbocycles. The highest BCUT2D eigenvalue weighted by Crippen LogP contribution is 2.46. The van der Waals surface area contributed by atoms with Gasteiger partial charge in [-0.25, -0.2) is 0 Å². The predicted octanol–water partition coefficient (Wildman–Crippen LogP) is 2.48. The highest BCUT2D eigenvalue weighted by molar-refractivity contribution is 7.28. The first-order valence-electron chi connectivity index (χ1n) is 5.02. The zero-order chi connectivity index (χ0) is 12.0. The molecular formula is C10H16NO4P. The number of ether oxygens (including phenoxy) is 4. The van der Waals surface area contributed by atoms with Gasteiger partial charge in [0.25, 0.3) is 5.88 Å². The monoisotopic (exact) mass is 245 g/mol. The molecule has 0 aromatic carbocycles. The van der Waals surface area contributed by atoms with E-state index in [-0.39, 0.29) is 0 Å². The Morgan fingerprint density at radius 3 is 2.19 bits per heavy atom. The summed E-state index contributed by atoms with van der Waals surface area (Å²) in [6, 6.07) is 0. The summed E-state index contributed by atoms with van der Waals surface area (Å²) in [4.78, 5) is 0. The summed E-state index contributed by atoms with van der Waals surface area (Å²) in [6.45, 7) is 4.91. The average Bonchev–Trinajstić information content (AvgIpc) is 2.31. The second kappa shape index (κ2) is 6.38. The Bertz CT molecular complexity index is 346. The van der Waals surface area contributed by atoms with Crippen LogP contribution in [0, 0.1) is 0 Å². The maximum atomic E-state index is 5.51. The maximum Gasteiger partial charge on any atom is 0.265 e. The maximum absolute atomic E-state index is 5.51. The van der Waals surface area contributed by atoms with Crippen molar-refractivity contribution in [1.29, 1.82) is 0 Å². The van der Waals surface area contributed by atoms with Crippen LogP contribution in [0.3, 0.4) is 0 Å². The summed E-state index contributed by atoms with van der Waals surface area (Å²) in [7, 11) is 3.77. The van der Waals surface area contributed by atoms with Gasteiger partial charge in [0.05, 0.1) is 35.8 Å². The molecule has 0 aliphatic rings. The highest BCUT2D eigenvalue weighted by atomic mass is 31.0. The van der Waals surface area contributed by atoms with E-state index in [0.29, 0.717) is 44.4 Å². The van der Waals surface area contributed by atoms with Crippen molar-refractivity contribution in [3.05, 3.63) is 0 Å². The van der Waals surface area contributed by atoms with Crippen molar-refractivity contribution in [3.8, 4) is 22.9 Å². The van der Waals surface area contributed by atoms with Gasteiger partial charge in [0.2, 0.25) is 17.0 Å². The van der Waals surface area contributed by atoms with E-state index >= 15 is 0 Å². The Balaban J connectivity index is 3.20. The summed E-state index contributed by atoms with van der Waals surface area (Å²) in [5, 5.41) is 0. The SMILES string of the molecule is CCOc1pnc(OC)c(OC)c1OCC. The largest absolute Gasteiger partial charge is 0.488 e. The molecule has 0 aliphatic heterocycles. The van der Waals surface area contributed by atoms with E-state index in [2.05, 4.69) is 4.75 Å². The van der Waals surface area contributed by atoms with E-state index in [1.165, 1.54) is 0 Å². The fourth-order valence-electron chi connectivity index (χ4n) is 1.19. The van der Waals surface area contributed by atoms with Crippen molar-refractivity contribution in [3.63, 3.8) is 0 Å². The minimum atomic E-state index is 0.427. The minimum absolute atomic E-state index is 0.427. The van der Waals surface area contributed by atoms with E-state index in [1.807, 2.05) is 13.8 Å². The minimum Gasteiger partial charge on any atom is -0.488 e. The van der Waals surface area contributed by atoms with Gasteiger partial charge >= 0.3 is 0 Å². The molecule has 5 nitrogen and oxygen atoms in total. The molecule has 0 spiro atoms. The standard InChI is InChI=1S/C10H16NO4P/c1-5-14-8-7(12-3)9(13-4)11-16-10(8)15-6-2/h5-6H2,1-4H3. The first kappa shape index (κ1) is 12.8. The summed E-state index contributed by atoms with van der Waals surface area (Å²) in [5.74, 6) is 1.47. The van der Waals surface area contributed by atoms with Gasteiger partial charge < -0.3 is 18.9 Å². The van der Waals surface area contributed by atoms with Gasteiger partial charge in [-0.1, -0.05) is 0 Å². The third-order valence-corrected chi connectivity index (χ3v) is 2.59. The van der Waals surface area contributed by atoms with Crippen LogP contribution in [0.15, 0.2) is 0 Å². The zero-order valence-electron chi connectivity index (χ0n) is 9.94. The Morgan fingerprint density at radius 1 is 1.00 bits per heavy atom.